The fraction of sp³-hybridized carbons (Fsp3) is 0.393. The average Bonchev–Trinajstić information content (AvgIpc) is 3.32. The molecule has 0 aliphatic rings. The summed E-state index contributed by atoms with van der Waals surface area (Å²) < 4.78 is 6.60. The van der Waals surface area contributed by atoms with E-state index in [1.54, 1.807) is 6.92 Å². The third-order valence-corrected chi connectivity index (χ3v) is 6.67. The van der Waals surface area contributed by atoms with E-state index < -0.39 is 5.97 Å². The summed E-state index contributed by atoms with van der Waals surface area (Å²) in [6.07, 6.45) is 0.679. The Balaban J connectivity index is 1.75. The Morgan fingerprint density at radius 3 is 2.49 bits per heavy atom. The first-order valence-corrected chi connectivity index (χ1v) is 12.6. The molecule has 9 heteroatoms. The number of carbonyl (C=O) groups is 1. The maximum atomic E-state index is 13.2. The number of nitrogens with one attached hydrogen (secondary N) is 1. The first kappa shape index (κ1) is 26.2. The van der Waals surface area contributed by atoms with Gasteiger partial charge in [-0.25, -0.2) is 4.68 Å². The molecular weight excluding hydrogens is 468 g/mol. The molecule has 0 bridgehead atoms. The summed E-state index contributed by atoms with van der Waals surface area (Å²) in [7, 11) is 0. The van der Waals surface area contributed by atoms with Gasteiger partial charge in [-0.3, -0.25) is 14.5 Å². The van der Waals surface area contributed by atoms with E-state index in [-0.39, 0.29) is 24.8 Å². The molecule has 194 valence electrons. The van der Waals surface area contributed by atoms with Crippen molar-refractivity contribution in [2.75, 3.05) is 6.61 Å². The second-order valence-corrected chi connectivity index (χ2v) is 9.43. The number of hydrogen-bond acceptors (Lipinski definition) is 7. The van der Waals surface area contributed by atoms with Crippen molar-refractivity contribution in [1.29, 1.82) is 0 Å². The molecular formula is C28H34N6O3. The molecule has 4 rings (SSSR count). The van der Waals surface area contributed by atoms with Gasteiger partial charge in [0.05, 0.1) is 18.2 Å². The van der Waals surface area contributed by atoms with Crippen LogP contribution in [0.1, 0.15) is 60.0 Å². The summed E-state index contributed by atoms with van der Waals surface area (Å²) in [5.74, 6) is 0.166. The zero-order chi connectivity index (χ0) is 26.5. The van der Waals surface area contributed by atoms with E-state index in [1.165, 1.54) is 10.2 Å². The molecule has 0 aliphatic carbocycles. The van der Waals surface area contributed by atoms with Gasteiger partial charge >= 0.3 is 5.97 Å². The third kappa shape index (κ3) is 5.94. The highest BCUT2D eigenvalue weighted by Crippen LogP contribution is 2.27. The molecule has 4 aromatic rings. The molecule has 0 unspecified atom stereocenters. The molecule has 0 aliphatic heterocycles. The Bertz CT molecular complexity index is 1440. The second-order valence-electron chi connectivity index (χ2n) is 9.43. The number of pyridine rings is 1. The van der Waals surface area contributed by atoms with Gasteiger partial charge in [-0.1, -0.05) is 48.9 Å². The molecule has 1 N–H and O–H groups in total. The minimum absolute atomic E-state index is 0.0694. The highest BCUT2D eigenvalue weighted by Gasteiger charge is 2.27. The molecule has 0 fully saturated rings. The fourth-order valence-corrected chi connectivity index (χ4v) is 4.65. The second kappa shape index (κ2) is 11.5. The predicted octanol–water partition coefficient (Wildman–Crippen LogP) is 4.16. The van der Waals surface area contributed by atoms with E-state index in [0.29, 0.717) is 30.9 Å². The van der Waals surface area contributed by atoms with E-state index in [0.717, 1.165) is 27.6 Å². The number of H-pyrrole nitrogens is 1. The molecule has 9 nitrogen and oxygen atoms in total. The maximum absolute atomic E-state index is 13.2. The van der Waals surface area contributed by atoms with Crippen LogP contribution in [0.25, 0.3) is 10.9 Å². The van der Waals surface area contributed by atoms with Gasteiger partial charge in [0.2, 0.25) is 0 Å². The zero-order valence-electron chi connectivity index (χ0n) is 22.1. The quantitative estimate of drug-likeness (QED) is 0.325. The summed E-state index contributed by atoms with van der Waals surface area (Å²) in [5, 5.41) is 13.2. The van der Waals surface area contributed by atoms with Crippen LogP contribution in [-0.2, 0) is 29.2 Å². The molecule has 2 aromatic heterocycles. The predicted molar refractivity (Wildman–Crippen MR) is 142 cm³/mol. The molecule has 0 saturated heterocycles. The smallest absolute Gasteiger partial charge is 0.327 e. The van der Waals surface area contributed by atoms with Gasteiger partial charge in [-0.15, -0.1) is 5.10 Å². The molecule has 1 atom stereocenters. The number of rotatable bonds is 10. The van der Waals surface area contributed by atoms with Crippen LogP contribution in [-0.4, -0.2) is 42.7 Å². The van der Waals surface area contributed by atoms with Crippen molar-refractivity contribution >= 4 is 16.9 Å². The molecule has 37 heavy (non-hydrogen) atoms. The number of aryl methyl sites for hydroxylation is 3. The SMILES string of the molecule is CCOC(=O)Cn1nnnc1[C@H](CC)N(Cc1ccc(C)cc1)Cc1cc2c(C)ccc(C)c2[nH]c1=O. The van der Waals surface area contributed by atoms with E-state index in [2.05, 4.69) is 62.7 Å². The lowest BCUT2D eigenvalue weighted by Gasteiger charge is -2.30. The highest BCUT2D eigenvalue weighted by molar-refractivity contribution is 5.85. The number of esters is 1. The number of benzene rings is 2. The molecule has 0 spiro atoms. The van der Waals surface area contributed by atoms with E-state index in [9.17, 15) is 9.59 Å². The third-order valence-electron chi connectivity index (χ3n) is 6.67. The molecule has 0 radical (unpaired) electrons. The fourth-order valence-electron chi connectivity index (χ4n) is 4.65. The van der Waals surface area contributed by atoms with Crippen LogP contribution in [0.2, 0.25) is 0 Å². The lowest BCUT2D eigenvalue weighted by molar-refractivity contribution is -0.144. The normalized spacial score (nSPS) is 12.3. The number of nitrogens with zero attached hydrogens (tertiary/aromatic N) is 5. The van der Waals surface area contributed by atoms with Crippen molar-refractivity contribution in [3.8, 4) is 0 Å². The summed E-state index contributed by atoms with van der Waals surface area (Å²) in [6.45, 7) is 11.1. The van der Waals surface area contributed by atoms with E-state index in [4.69, 9.17) is 4.74 Å². The van der Waals surface area contributed by atoms with Gasteiger partial charge < -0.3 is 9.72 Å². The van der Waals surface area contributed by atoms with Gasteiger partial charge in [0.25, 0.3) is 5.56 Å². The van der Waals surface area contributed by atoms with Gasteiger partial charge in [-0.05, 0) is 67.3 Å². The minimum Gasteiger partial charge on any atom is -0.465 e. The molecule has 0 amide bonds. The van der Waals surface area contributed by atoms with E-state index >= 15 is 0 Å². The number of tetrazole rings is 1. The standard InChI is InChI=1S/C28H34N6O3/c1-6-24(27-30-31-32-34(27)17-25(35)37-7-2)33(15-21-12-8-18(3)9-13-21)16-22-14-23-19(4)10-11-20(5)26(23)29-28(22)36/h8-14,24H,6-7,15-17H2,1-5H3,(H,29,36)/t24-/m0/s1. The van der Waals surface area contributed by atoms with Crippen molar-refractivity contribution in [3.63, 3.8) is 0 Å². The van der Waals surface area contributed by atoms with E-state index in [1.807, 2.05) is 32.9 Å². The van der Waals surface area contributed by atoms with Crippen molar-refractivity contribution < 1.29 is 9.53 Å². The Morgan fingerprint density at radius 1 is 1.05 bits per heavy atom. The van der Waals surface area contributed by atoms with Gasteiger partial charge in [-0.2, -0.15) is 0 Å². The summed E-state index contributed by atoms with van der Waals surface area (Å²) in [4.78, 5) is 30.7. The van der Waals surface area contributed by atoms with Crippen molar-refractivity contribution in [3.05, 3.63) is 86.5 Å². The topological polar surface area (TPSA) is 106 Å². The Morgan fingerprint density at radius 2 is 1.78 bits per heavy atom. The molecule has 0 saturated carbocycles. The van der Waals surface area contributed by atoms with Gasteiger partial charge in [0, 0.05) is 24.0 Å². The summed E-state index contributed by atoms with van der Waals surface area (Å²) in [6, 6.07) is 14.2. The van der Waals surface area contributed by atoms with Crippen molar-refractivity contribution in [2.45, 2.75) is 66.7 Å². The van der Waals surface area contributed by atoms with Gasteiger partial charge in [0.1, 0.15) is 6.54 Å². The highest BCUT2D eigenvalue weighted by atomic mass is 16.5. The first-order chi connectivity index (χ1) is 17.8. The number of ether oxygens (including phenoxy) is 1. The Kier molecular flexibility index (Phi) is 8.13. The van der Waals surface area contributed by atoms with Crippen LogP contribution >= 0.6 is 0 Å². The average molecular weight is 503 g/mol. The minimum atomic E-state index is -0.396. The number of hydrogen-bond donors (Lipinski definition) is 1. The van der Waals surface area contributed by atoms with Crippen molar-refractivity contribution in [1.82, 2.24) is 30.1 Å². The zero-order valence-corrected chi connectivity index (χ0v) is 22.1. The maximum Gasteiger partial charge on any atom is 0.327 e. The van der Waals surface area contributed by atoms with Crippen LogP contribution < -0.4 is 5.56 Å². The Hall–Kier alpha value is -3.85. The molecule has 2 heterocycles. The van der Waals surface area contributed by atoms with Gasteiger partial charge in [0.15, 0.2) is 5.82 Å². The lowest BCUT2D eigenvalue weighted by atomic mass is 10.0. The van der Waals surface area contributed by atoms with Crippen LogP contribution in [0.5, 0.6) is 0 Å². The number of aromatic nitrogens is 5. The Labute approximate surface area is 216 Å². The van der Waals surface area contributed by atoms with Crippen LogP contribution in [0.15, 0.2) is 47.3 Å². The summed E-state index contributed by atoms with van der Waals surface area (Å²) in [5.41, 5.74) is 5.84. The lowest BCUT2D eigenvalue weighted by Crippen LogP contribution is -2.33. The number of carbonyl (C=O) groups excluding carboxylic acids is 1. The monoisotopic (exact) mass is 502 g/mol. The van der Waals surface area contributed by atoms with Crippen LogP contribution in [0, 0.1) is 20.8 Å². The molecule has 2 aromatic carbocycles. The largest absolute Gasteiger partial charge is 0.465 e. The van der Waals surface area contributed by atoms with Crippen molar-refractivity contribution in [2.24, 2.45) is 0 Å². The first-order valence-electron chi connectivity index (χ1n) is 12.6. The summed E-state index contributed by atoms with van der Waals surface area (Å²) >= 11 is 0. The number of aromatic amines is 1. The van der Waals surface area contributed by atoms with Crippen LogP contribution in [0.4, 0.5) is 0 Å². The number of fused-ring (bicyclic) bond motifs is 1. The van der Waals surface area contributed by atoms with Crippen LogP contribution in [0.3, 0.4) is 0 Å².